The van der Waals surface area contributed by atoms with Gasteiger partial charge in [-0.1, -0.05) is 0 Å². The highest BCUT2D eigenvalue weighted by Crippen LogP contribution is 2.18. The van der Waals surface area contributed by atoms with Gasteiger partial charge in [-0.3, -0.25) is 9.59 Å². The summed E-state index contributed by atoms with van der Waals surface area (Å²) in [6, 6.07) is 6.13. The van der Waals surface area contributed by atoms with E-state index in [4.69, 9.17) is 9.84 Å². The second-order valence-electron chi connectivity index (χ2n) is 6.21. The fraction of sp³-hybridized carbons (Fsp3) is 0.529. The molecular formula is C17H23NO6S. The van der Waals surface area contributed by atoms with Crippen molar-refractivity contribution in [2.45, 2.75) is 30.6 Å². The van der Waals surface area contributed by atoms with Gasteiger partial charge in [-0.25, -0.2) is 8.42 Å². The smallest absolute Gasteiger partial charge is 0.308 e. The number of nitrogens with zero attached hydrogens (tertiary/aromatic N) is 1. The van der Waals surface area contributed by atoms with E-state index >= 15 is 0 Å². The van der Waals surface area contributed by atoms with Crippen LogP contribution in [-0.2, 0) is 19.4 Å². The Labute approximate surface area is 147 Å². The molecule has 0 aliphatic carbocycles. The third-order valence-electron chi connectivity index (χ3n) is 4.18. The highest BCUT2D eigenvalue weighted by molar-refractivity contribution is 7.90. The lowest BCUT2D eigenvalue weighted by Gasteiger charge is -2.30. The maximum Gasteiger partial charge on any atom is 0.308 e. The molecule has 138 valence electrons. The van der Waals surface area contributed by atoms with Crippen LogP contribution in [0.1, 0.15) is 25.7 Å². The molecule has 0 saturated carbocycles. The molecule has 25 heavy (non-hydrogen) atoms. The number of benzene rings is 1. The zero-order valence-corrected chi connectivity index (χ0v) is 15.0. The van der Waals surface area contributed by atoms with Crippen LogP contribution in [-0.4, -0.2) is 56.3 Å². The minimum Gasteiger partial charge on any atom is -0.494 e. The third-order valence-corrected chi connectivity index (χ3v) is 5.31. The van der Waals surface area contributed by atoms with Gasteiger partial charge in [-0.05, 0) is 43.5 Å². The number of hydrogen-bond donors (Lipinski definition) is 1. The number of hydrogen-bond acceptors (Lipinski definition) is 5. The van der Waals surface area contributed by atoms with E-state index < -0.39 is 21.7 Å². The number of carboxylic acids is 1. The fourth-order valence-electron chi connectivity index (χ4n) is 2.76. The number of aliphatic carboxylic acids is 1. The van der Waals surface area contributed by atoms with Crippen LogP contribution < -0.4 is 4.74 Å². The number of carbonyl (C=O) groups excluding carboxylic acids is 1. The van der Waals surface area contributed by atoms with E-state index in [1.165, 1.54) is 12.1 Å². The molecule has 0 radical (unpaired) electrons. The second kappa shape index (κ2) is 8.33. The van der Waals surface area contributed by atoms with Crippen molar-refractivity contribution in [1.29, 1.82) is 0 Å². The summed E-state index contributed by atoms with van der Waals surface area (Å²) in [6.45, 7) is 1.22. The zero-order valence-electron chi connectivity index (χ0n) is 14.2. The lowest BCUT2D eigenvalue weighted by molar-refractivity contribution is -0.145. The fourth-order valence-corrected chi connectivity index (χ4v) is 3.39. The summed E-state index contributed by atoms with van der Waals surface area (Å²) in [5.41, 5.74) is 0. The Morgan fingerprint density at radius 3 is 2.56 bits per heavy atom. The Balaban J connectivity index is 1.73. The van der Waals surface area contributed by atoms with Crippen molar-refractivity contribution in [2.24, 2.45) is 5.92 Å². The quantitative estimate of drug-likeness (QED) is 0.732. The highest BCUT2D eigenvalue weighted by atomic mass is 32.2. The summed E-state index contributed by atoms with van der Waals surface area (Å²) in [5.74, 6) is -0.827. The third kappa shape index (κ3) is 5.74. The summed E-state index contributed by atoms with van der Waals surface area (Å²) in [4.78, 5) is 25.0. The number of ether oxygens (including phenoxy) is 1. The van der Waals surface area contributed by atoms with Crippen LogP contribution >= 0.6 is 0 Å². The molecule has 7 nitrogen and oxygen atoms in total. The predicted molar refractivity (Wildman–Crippen MR) is 91.2 cm³/mol. The van der Waals surface area contributed by atoms with Crippen LogP contribution in [0.3, 0.4) is 0 Å². The summed E-state index contributed by atoms with van der Waals surface area (Å²) < 4.78 is 28.3. The van der Waals surface area contributed by atoms with Crippen LogP contribution in [0.4, 0.5) is 0 Å². The Morgan fingerprint density at radius 2 is 1.96 bits per heavy atom. The van der Waals surface area contributed by atoms with Crippen molar-refractivity contribution in [3.63, 3.8) is 0 Å². The van der Waals surface area contributed by atoms with Gasteiger partial charge in [0, 0.05) is 25.8 Å². The lowest BCUT2D eigenvalue weighted by atomic mass is 9.98. The molecule has 1 N–H and O–H groups in total. The van der Waals surface area contributed by atoms with E-state index in [1.54, 1.807) is 17.0 Å². The molecule has 0 bridgehead atoms. The molecule has 1 saturated heterocycles. The molecule has 8 heteroatoms. The SMILES string of the molecule is CS(=O)(=O)c1ccc(OCCCC(=O)N2CCC[C@H](C(=O)O)C2)cc1. The van der Waals surface area contributed by atoms with E-state index in [0.717, 1.165) is 6.26 Å². The average Bonchev–Trinajstić information content (AvgIpc) is 2.58. The van der Waals surface area contributed by atoms with Gasteiger partial charge in [0.2, 0.25) is 5.91 Å². The molecule has 1 atom stereocenters. The molecule has 1 aliphatic rings. The van der Waals surface area contributed by atoms with Crippen LogP contribution in [0, 0.1) is 5.92 Å². The molecule has 2 rings (SSSR count). The molecule has 1 heterocycles. The first-order valence-electron chi connectivity index (χ1n) is 8.21. The molecule has 0 spiro atoms. The minimum atomic E-state index is -3.23. The lowest BCUT2D eigenvalue weighted by Crippen LogP contribution is -2.42. The van der Waals surface area contributed by atoms with E-state index in [2.05, 4.69) is 0 Å². The van der Waals surface area contributed by atoms with Crippen molar-refractivity contribution in [1.82, 2.24) is 4.90 Å². The first-order chi connectivity index (χ1) is 11.8. The average molecular weight is 369 g/mol. The Morgan fingerprint density at radius 1 is 1.28 bits per heavy atom. The summed E-state index contributed by atoms with van der Waals surface area (Å²) >= 11 is 0. The molecular weight excluding hydrogens is 346 g/mol. The first kappa shape index (κ1) is 19.2. The Hall–Kier alpha value is -2.09. The number of carbonyl (C=O) groups is 2. The van der Waals surface area contributed by atoms with Crippen molar-refractivity contribution in [2.75, 3.05) is 26.0 Å². The normalized spacial score (nSPS) is 18.0. The zero-order chi connectivity index (χ0) is 18.4. The van der Waals surface area contributed by atoms with Crippen molar-refractivity contribution < 1.29 is 27.9 Å². The second-order valence-corrected chi connectivity index (χ2v) is 8.23. The summed E-state index contributed by atoms with van der Waals surface area (Å²) in [5, 5.41) is 9.05. The first-order valence-corrected chi connectivity index (χ1v) is 10.1. The maximum atomic E-state index is 12.1. The number of sulfone groups is 1. The van der Waals surface area contributed by atoms with Gasteiger partial charge >= 0.3 is 5.97 Å². The molecule has 1 fully saturated rings. The number of carboxylic acid groups (broad SMARTS) is 1. The highest BCUT2D eigenvalue weighted by Gasteiger charge is 2.27. The standard InChI is InChI=1S/C17H23NO6S/c1-25(22,23)15-8-6-14(7-9-15)24-11-3-5-16(19)18-10-2-4-13(12-18)17(20)21/h6-9,13H,2-5,10-12H2,1H3,(H,20,21)/t13-/m0/s1. The van der Waals surface area contributed by atoms with Crippen LogP contribution in [0.25, 0.3) is 0 Å². The molecule has 0 unspecified atom stereocenters. The van der Waals surface area contributed by atoms with E-state index in [-0.39, 0.29) is 17.3 Å². The van der Waals surface area contributed by atoms with Crippen molar-refractivity contribution in [3.05, 3.63) is 24.3 Å². The molecule has 0 aromatic heterocycles. The minimum absolute atomic E-state index is 0.0537. The van der Waals surface area contributed by atoms with Gasteiger partial charge in [-0.2, -0.15) is 0 Å². The predicted octanol–water partition coefficient (Wildman–Crippen LogP) is 1.57. The maximum absolute atomic E-state index is 12.1. The van der Waals surface area contributed by atoms with Gasteiger partial charge in [0.05, 0.1) is 17.4 Å². The Bertz CT molecular complexity index is 713. The van der Waals surface area contributed by atoms with E-state index in [0.29, 0.717) is 44.6 Å². The van der Waals surface area contributed by atoms with E-state index in [9.17, 15) is 18.0 Å². The molecule has 1 aliphatic heterocycles. The van der Waals surface area contributed by atoms with Crippen molar-refractivity contribution in [3.8, 4) is 5.75 Å². The monoisotopic (exact) mass is 369 g/mol. The van der Waals surface area contributed by atoms with Crippen LogP contribution in [0.5, 0.6) is 5.75 Å². The van der Waals surface area contributed by atoms with Gasteiger partial charge < -0.3 is 14.7 Å². The number of likely N-dealkylation sites (tertiary alicyclic amines) is 1. The Kier molecular flexibility index (Phi) is 6.41. The van der Waals surface area contributed by atoms with Gasteiger partial charge in [-0.15, -0.1) is 0 Å². The van der Waals surface area contributed by atoms with Gasteiger partial charge in [0.15, 0.2) is 9.84 Å². The summed E-state index contributed by atoms with van der Waals surface area (Å²) in [7, 11) is -3.23. The molecule has 1 amide bonds. The van der Waals surface area contributed by atoms with Crippen molar-refractivity contribution >= 4 is 21.7 Å². The number of rotatable bonds is 7. The largest absolute Gasteiger partial charge is 0.494 e. The summed E-state index contributed by atoms with van der Waals surface area (Å²) in [6.07, 6.45) is 3.29. The van der Waals surface area contributed by atoms with E-state index in [1.807, 2.05) is 0 Å². The van der Waals surface area contributed by atoms with Gasteiger partial charge in [0.1, 0.15) is 5.75 Å². The number of amides is 1. The molecule has 1 aromatic carbocycles. The topological polar surface area (TPSA) is 101 Å². The molecule has 1 aromatic rings. The van der Waals surface area contributed by atoms with Gasteiger partial charge in [0.25, 0.3) is 0 Å². The van der Waals surface area contributed by atoms with Crippen LogP contribution in [0.15, 0.2) is 29.2 Å². The number of piperidine rings is 1. The van der Waals surface area contributed by atoms with Crippen LogP contribution in [0.2, 0.25) is 0 Å².